The Morgan fingerprint density at radius 3 is 3.09 bits per heavy atom. The number of furan rings is 1. The number of hydrogen-bond donors (Lipinski definition) is 1. The monoisotopic (exact) mass is 151 g/mol. The van der Waals surface area contributed by atoms with Crippen molar-refractivity contribution in [1.82, 2.24) is 0 Å². The van der Waals surface area contributed by atoms with Crippen LogP contribution < -0.4 is 0 Å². The molecule has 0 aliphatic carbocycles. The summed E-state index contributed by atoms with van der Waals surface area (Å²) in [5.74, 6) is 0.827. The summed E-state index contributed by atoms with van der Waals surface area (Å²) >= 11 is 0. The van der Waals surface area contributed by atoms with Gasteiger partial charge in [-0.15, -0.1) is 0 Å². The zero-order valence-corrected chi connectivity index (χ0v) is 6.20. The standard InChI is InChI=1S/C8H9NO2/c1-10-8(9)5-4-7-3-2-6-11-7/h2-6,9H,1H3. The van der Waals surface area contributed by atoms with E-state index in [0.717, 1.165) is 0 Å². The lowest BCUT2D eigenvalue weighted by atomic mass is 10.4. The molecule has 0 atom stereocenters. The molecule has 3 nitrogen and oxygen atoms in total. The molecule has 1 aromatic heterocycles. The fourth-order valence-electron chi connectivity index (χ4n) is 0.612. The highest BCUT2D eigenvalue weighted by molar-refractivity contribution is 5.88. The van der Waals surface area contributed by atoms with Crippen molar-refractivity contribution in [3.63, 3.8) is 0 Å². The first kappa shape index (κ1) is 7.60. The summed E-state index contributed by atoms with van der Waals surface area (Å²) in [6.07, 6.45) is 4.78. The molecule has 0 saturated carbocycles. The van der Waals surface area contributed by atoms with Crippen molar-refractivity contribution in [3.8, 4) is 0 Å². The maximum absolute atomic E-state index is 7.09. The fraction of sp³-hybridized carbons (Fsp3) is 0.125. The van der Waals surface area contributed by atoms with Crippen molar-refractivity contribution in [2.24, 2.45) is 0 Å². The van der Waals surface area contributed by atoms with Crippen LogP contribution in [0.1, 0.15) is 5.76 Å². The third-order valence-corrected chi connectivity index (χ3v) is 1.16. The van der Waals surface area contributed by atoms with Gasteiger partial charge < -0.3 is 9.15 Å². The molecule has 3 heteroatoms. The lowest BCUT2D eigenvalue weighted by Crippen LogP contribution is -1.91. The molecule has 1 rings (SSSR count). The normalized spacial score (nSPS) is 10.3. The first-order chi connectivity index (χ1) is 5.33. The van der Waals surface area contributed by atoms with Gasteiger partial charge in [-0.3, -0.25) is 5.41 Å². The van der Waals surface area contributed by atoms with E-state index in [1.807, 2.05) is 0 Å². The zero-order valence-electron chi connectivity index (χ0n) is 6.20. The Bertz CT molecular complexity index is 249. The predicted molar refractivity (Wildman–Crippen MR) is 42.5 cm³/mol. The molecule has 0 radical (unpaired) electrons. The average Bonchev–Trinajstić information content (AvgIpc) is 2.52. The summed E-state index contributed by atoms with van der Waals surface area (Å²) in [7, 11) is 1.45. The quantitative estimate of drug-likeness (QED) is 0.518. The van der Waals surface area contributed by atoms with Gasteiger partial charge in [0.1, 0.15) is 5.76 Å². The van der Waals surface area contributed by atoms with Crippen LogP contribution in [0, 0.1) is 5.41 Å². The number of rotatable bonds is 2. The Morgan fingerprint density at radius 2 is 2.55 bits per heavy atom. The predicted octanol–water partition coefficient (Wildman–Crippen LogP) is 1.92. The lowest BCUT2D eigenvalue weighted by Gasteiger charge is -1.91. The Kier molecular flexibility index (Phi) is 2.49. The van der Waals surface area contributed by atoms with Crippen LogP contribution in [0.5, 0.6) is 0 Å². The number of hydrogen-bond acceptors (Lipinski definition) is 3. The van der Waals surface area contributed by atoms with Gasteiger partial charge in [-0.05, 0) is 18.2 Å². The molecule has 0 aliphatic heterocycles. The van der Waals surface area contributed by atoms with Gasteiger partial charge in [0.15, 0.2) is 0 Å². The highest BCUT2D eigenvalue weighted by Crippen LogP contribution is 2.01. The van der Waals surface area contributed by atoms with Gasteiger partial charge in [-0.1, -0.05) is 0 Å². The Labute approximate surface area is 64.8 Å². The van der Waals surface area contributed by atoms with Crippen molar-refractivity contribution in [2.45, 2.75) is 0 Å². The van der Waals surface area contributed by atoms with Crippen molar-refractivity contribution in [2.75, 3.05) is 7.11 Å². The molecule has 0 saturated heterocycles. The second-order valence-electron chi connectivity index (χ2n) is 1.92. The van der Waals surface area contributed by atoms with E-state index in [2.05, 4.69) is 4.74 Å². The van der Waals surface area contributed by atoms with Crippen LogP contribution in [0.15, 0.2) is 28.9 Å². The van der Waals surface area contributed by atoms with Crippen molar-refractivity contribution in [1.29, 1.82) is 5.41 Å². The van der Waals surface area contributed by atoms with E-state index in [0.29, 0.717) is 5.76 Å². The molecular formula is C8H9NO2. The topological polar surface area (TPSA) is 46.2 Å². The smallest absolute Gasteiger partial charge is 0.205 e. The highest BCUT2D eigenvalue weighted by atomic mass is 16.5. The second kappa shape index (κ2) is 3.61. The number of ether oxygens (including phenoxy) is 1. The van der Waals surface area contributed by atoms with Crippen LogP contribution in [0.4, 0.5) is 0 Å². The highest BCUT2D eigenvalue weighted by Gasteiger charge is 1.88. The molecule has 11 heavy (non-hydrogen) atoms. The lowest BCUT2D eigenvalue weighted by molar-refractivity contribution is 0.403. The molecule has 0 spiro atoms. The van der Waals surface area contributed by atoms with E-state index in [9.17, 15) is 0 Å². The summed E-state index contributed by atoms with van der Waals surface area (Å²) in [6.45, 7) is 0. The molecule has 0 unspecified atom stereocenters. The molecule has 1 aromatic rings. The SMILES string of the molecule is COC(=N)C=Cc1ccco1. The van der Waals surface area contributed by atoms with E-state index in [1.54, 1.807) is 24.5 Å². The first-order valence-electron chi connectivity index (χ1n) is 3.17. The largest absolute Gasteiger partial charge is 0.481 e. The minimum absolute atomic E-state index is 0.112. The first-order valence-corrected chi connectivity index (χ1v) is 3.17. The molecule has 58 valence electrons. The molecule has 0 bridgehead atoms. The van der Waals surface area contributed by atoms with Crippen LogP contribution in [-0.4, -0.2) is 13.0 Å². The van der Waals surface area contributed by atoms with Crippen molar-refractivity contribution >= 4 is 12.0 Å². The summed E-state index contributed by atoms with van der Waals surface area (Å²) in [6, 6.07) is 3.59. The minimum Gasteiger partial charge on any atom is -0.481 e. The van der Waals surface area contributed by atoms with E-state index < -0.39 is 0 Å². The summed E-state index contributed by atoms with van der Waals surface area (Å²) in [5, 5.41) is 7.09. The second-order valence-corrected chi connectivity index (χ2v) is 1.92. The van der Waals surface area contributed by atoms with Crippen LogP contribution in [0.2, 0.25) is 0 Å². The van der Waals surface area contributed by atoms with Crippen LogP contribution in [0.3, 0.4) is 0 Å². The summed E-state index contributed by atoms with van der Waals surface area (Å²) in [4.78, 5) is 0. The summed E-state index contributed by atoms with van der Waals surface area (Å²) in [5.41, 5.74) is 0. The molecule has 0 fully saturated rings. The molecule has 0 aromatic carbocycles. The minimum atomic E-state index is 0.112. The van der Waals surface area contributed by atoms with Gasteiger partial charge in [0.05, 0.1) is 13.4 Å². The third kappa shape index (κ3) is 2.29. The zero-order chi connectivity index (χ0) is 8.10. The number of methoxy groups -OCH3 is 1. The van der Waals surface area contributed by atoms with Crippen molar-refractivity contribution in [3.05, 3.63) is 30.2 Å². The van der Waals surface area contributed by atoms with Crippen molar-refractivity contribution < 1.29 is 9.15 Å². The van der Waals surface area contributed by atoms with Gasteiger partial charge in [-0.2, -0.15) is 0 Å². The maximum Gasteiger partial charge on any atom is 0.205 e. The van der Waals surface area contributed by atoms with E-state index in [-0.39, 0.29) is 5.90 Å². The van der Waals surface area contributed by atoms with Gasteiger partial charge in [0.25, 0.3) is 0 Å². The Hall–Kier alpha value is -1.51. The third-order valence-electron chi connectivity index (χ3n) is 1.16. The number of nitrogens with one attached hydrogen (secondary N) is 1. The van der Waals surface area contributed by atoms with E-state index in [1.165, 1.54) is 13.2 Å². The van der Waals surface area contributed by atoms with Crippen LogP contribution in [0.25, 0.3) is 6.08 Å². The Morgan fingerprint density at radius 1 is 1.73 bits per heavy atom. The van der Waals surface area contributed by atoms with E-state index >= 15 is 0 Å². The van der Waals surface area contributed by atoms with Gasteiger partial charge in [0.2, 0.25) is 5.90 Å². The van der Waals surface area contributed by atoms with Gasteiger partial charge >= 0.3 is 0 Å². The molecule has 1 N–H and O–H groups in total. The molecule has 1 heterocycles. The fourth-order valence-corrected chi connectivity index (χ4v) is 0.612. The van der Waals surface area contributed by atoms with Gasteiger partial charge in [0, 0.05) is 6.08 Å². The van der Waals surface area contributed by atoms with Crippen LogP contribution in [-0.2, 0) is 4.74 Å². The Balaban J connectivity index is 2.55. The maximum atomic E-state index is 7.09. The van der Waals surface area contributed by atoms with Gasteiger partial charge in [-0.25, -0.2) is 0 Å². The average molecular weight is 151 g/mol. The molecule has 0 amide bonds. The van der Waals surface area contributed by atoms with Crippen LogP contribution >= 0.6 is 0 Å². The molecule has 0 aliphatic rings. The van der Waals surface area contributed by atoms with E-state index in [4.69, 9.17) is 9.83 Å². The summed E-state index contributed by atoms with van der Waals surface area (Å²) < 4.78 is 9.59. The molecular weight excluding hydrogens is 142 g/mol.